The number of hydrogen-bond donors (Lipinski definition) is 1. The van der Waals surface area contributed by atoms with Gasteiger partial charge in [0.15, 0.2) is 0 Å². The average Bonchev–Trinajstić information content (AvgIpc) is 2.28. The van der Waals surface area contributed by atoms with E-state index in [1.165, 1.54) is 6.42 Å². The van der Waals surface area contributed by atoms with Crippen LogP contribution in [0, 0.1) is 5.92 Å². The first kappa shape index (κ1) is 10.6. The normalized spacial score (nSPS) is 21.3. The Labute approximate surface area is 94.0 Å². The molecule has 2 heterocycles. The molecule has 0 saturated carbocycles. The maximum Gasteiger partial charge on any atom is 0.224 e. The van der Waals surface area contributed by atoms with E-state index in [0.29, 0.717) is 5.92 Å². The Hall–Kier alpha value is -0.870. The summed E-state index contributed by atoms with van der Waals surface area (Å²) in [5, 5.41) is 3.52. The molecule has 0 aliphatic carbocycles. The van der Waals surface area contributed by atoms with Crippen LogP contribution in [0.25, 0.3) is 0 Å². The van der Waals surface area contributed by atoms with E-state index >= 15 is 0 Å². The Balaban J connectivity index is 1.81. The van der Waals surface area contributed by atoms with Gasteiger partial charge in [-0.3, -0.25) is 0 Å². The van der Waals surface area contributed by atoms with Crippen molar-refractivity contribution in [1.29, 1.82) is 0 Å². The number of halogens is 1. The molecule has 2 rings (SSSR count). The predicted octanol–water partition coefficient (Wildman–Crippen LogP) is 1.97. The smallest absolute Gasteiger partial charge is 0.224 e. The number of aromatic nitrogens is 2. The van der Waals surface area contributed by atoms with Gasteiger partial charge in [-0.1, -0.05) is 0 Å². The number of nitrogens with one attached hydrogen (secondary N) is 1. The van der Waals surface area contributed by atoms with Crippen LogP contribution in [0.2, 0.25) is 5.28 Å². The zero-order valence-electron chi connectivity index (χ0n) is 8.45. The molecule has 4 nitrogen and oxygen atoms in total. The van der Waals surface area contributed by atoms with Gasteiger partial charge < -0.3 is 10.1 Å². The van der Waals surface area contributed by atoms with Crippen molar-refractivity contribution >= 4 is 17.4 Å². The highest BCUT2D eigenvalue weighted by Gasteiger charge is 2.13. The van der Waals surface area contributed by atoms with E-state index in [1.807, 2.05) is 6.07 Å². The topological polar surface area (TPSA) is 47.0 Å². The lowest BCUT2D eigenvalue weighted by molar-refractivity contribution is 0.0595. The van der Waals surface area contributed by atoms with Crippen LogP contribution >= 0.6 is 11.6 Å². The Morgan fingerprint density at radius 2 is 2.53 bits per heavy atom. The summed E-state index contributed by atoms with van der Waals surface area (Å²) in [5.41, 5.74) is 0. The van der Waals surface area contributed by atoms with Gasteiger partial charge in [0.2, 0.25) is 5.28 Å². The van der Waals surface area contributed by atoms with E-state index < -0.39 is 0 Å². The predicted molar refractivity (Wildman–Crippen MR) is 59.1 cm³/mol. The van der Waals surface area contributed by atoms with Crippen LogP contribution in [-0.4, -0.2) is 29.7 Å². The number of ether oxygens (including phenoxy) is 1. The van der Waals surface area contributed by atoms with Crippen LogP contribution in [-0.2, 0) is 4.74 Å². The minimum absolute atomic E-state index is 0.278. The van der Waals surface area contributed by atoms with Gasteiger partial charge in [-0.15, -0.1) is 0 Å². The molecule has 1 aromatic heterocycles. The Kier molecular flexibility index (Phi) is 3.75. The molecular weight excluding hydrogens is 214 g/mol. The number of anilines is 1. The van der Waals surface area contributed by atoms with Crippen molar-refractivity contribution in [2.75, 3.05) is 25.1 Å². The molecule has 0 amide bonds. The van der Waals surface area contributed by atoms with Gasteiger partial charge in [-0.2, -0.15) is 0 Å². The van der Waals surface area contributed by atoms with Crippen molar-refractivity contribution in [3.8, 4) is 0 Å². The summed E-state index contributed by atoms with van der Waals surface area (Å²) in [6.07, 6.45) is 4.01. The van der Waals surface area contributed by atoms with Crippen molar-refractivity contribution in [3.63, 3.8) is 0 Å². The van der Waals surface area contributed by atoms with E-state index in [4.69, 9.17) is 16.3 Å². The molecule has 1 aliphatic rings. The van der Waals surface area contributed by atoms with Crippen molar-refractivity contribution in [2.45, 2.75) is 12.8 Å². The summed E-state index contributed by atoms with van der Waals surface area (Å²) in [6.45, 7) is 2.62. The molecule has 82 valence electrons. The van der Waals surface area contributed by atoms with Crippen molar-refractivity contribution < 1.29 is 4.74 Å². The molecular formula is C10H14ClN3O. The Bertz CT molecular complexity index is 315. The molecule has 1 fully saturated rings. The van der Waals surface area contributed by atoms with Crippen molar-refractivity contribution in [2.24, 2.45) is 5.92 Å². The van der Waals surface area contributed by atoms with Crippen molar-refractivity contribution in [1.82, 2.24) is 9.97 Å². The van der Waals surface area contributed by atoms with Gasteiger partial charge in [-0.25, -0.2) is 9.97 Å². The molecule has 1 N–H and O–H groups in total. The molecule has 5 heteroatoms. The highest BCUT2D eigenvalue weighted by Crippen LogP contribution is 2.14. The fourth-order valence-electron chi connectivity index (χ4n) is 1.65. The van der Waals surface area contributed by atoms with E-state index in [9.17, 15) is 0 Å². The van der Waals surface area contributed by atoms with Gasteiger partial charge >= 0.3 is 0 Å². The molecule has 1 aromatic rings. The second-order valence-electron chi connectivity index (χ2n) is 3.67. The molecule has 1 unspecified atom stereocenters. The van der Waals surface area contributed by atoms with Gasteiger partial charge in [0.1, 0.15) is 5.82 Å². The summed E-state index contributed by atoms with van der Waals surface area (Å²) < 4.78 is 5.40. The first-order valence-corrected chi connectivity index (χ1v) is 5.52. The van der Waals surface area contributed by atoms with Crippen LogP contribution in [0.5, 0.6) is 0 Å². The van der Waals surface area contributed by atoms with Crippen LogP contribution in [0.15, 0.2) is 12.3 Å². The zero-order valence-corrected chi connectivity index (χ0v) is 9.20. The lowest BCUT2D eigenvalue weighted by atomic mass is 10.0. The summed E-state index contributed by atoms with van der Waals surface area (Å²) in [4.78, 5) is 7.88. The maximum atomic E-state index is 5.68. The monoisotopic (exact) mass is 227 g/mol. The van der Waals surface area contributed by atoms with E-state index in [1.54, 1.807) is 6.20 Å². The second kappa shape index (κ2) is 5.28. The summed E-state index contributed by atoms with van der Waals surface area (Å²) in [5.74, 6) is 1.35. The molecule has 1 atom stereocenters. The second-order valence-corrected chi connectivity index (χ2v) is 4.01. The van der Waals surface area contributed by atoms with Gasteiger partial charge in [0.05, 0.1) is 6.61 Å². The molecule has 1 saturated heterocycles. The van der Waals surface area contributed by atoms with E-state index in [2.05, 4.69) is 15.3 Å². The summed E-state index contributed by atoms with van der Waals surface area (Å²) >= 11 is 5.68. The third kappa shape index (κ3) is 3.32. The fourth-order valence-corrected chi connectivity index (χ4v) is 1.80. The van der Waals surface area contributed by atoms with Crippen LogP contribution in [0.1, 0.15) is 12.8 Å². The fraction of sp³-hybridized carbons (Fsp3) is 0.600. The number of hydrogen-bond acceptors (Lipinski definition) is 4. The molecule has 1 aliphatic heterocycles. The van der Waals surface area contributed by atoms with Gasteiger partial charge in [0.25, 0.3) is 0 Å². The maximum absolute atomic E-state index is 5.68. The standard InChI is InChI=1S/C10H14ClN3O/c11-10-12-4-3-9(14-10)13-6-8-2-1-5-15-7-8/h3-4,8H,1-2,5-7H2,(H,12,13,14). The lowest BCUT2D eigenvalue weighted by Crippen LogP contribution is -2.24. The van der Waals surface area contributed by atoms with E-state index in [0.717, 1.165) is 32.0 Å². The van der Waals surface area contributed by atoms with Crippen molar-refractivity contribution in [3.05, 3.63) is 17.5 Å². The molecule has 0 spiro atoms. The SMILES string of the molecule is Clc1nccc(NCC2CCCOC2)n1. The van der Waals surface area contributed by atoms with Gasteiger partial charge in [-0.05, 0) is 36.4 Å². The third-order valence-corrected chi connectivity index (χ3v) is 2.63. The highest BCUT2D eigenvalue weighted by atomic mass is 35.5. The molecule has 0 radical (unpaired) electrons. The summed E-state index contributed by atoms with van der Waals surface area (Å²) in [6, 6.07) is 1.82. The Morgan fingerprint density at radius 1 is 1.60 bits per heavy atom. The quantitative estimate of drug-likeness (QED) is 0.803. The minimum Gasteiger partial charge on any atom is -0.381 e. The zero-order chi connectivity index (χ0) is 10.5. The number of rotatable bonds is 3. The number of nitrogens with zero attached hydrogens (tertiary/aromatic N) is 2. The van der Waals surface area contributed by atoms with E-state index in [-0.39, 0.29) is 5.28 Å². The first-order chi connectivity index (χ1) is 7.34. The lowest BCUT2D eigenvalue weighted by Gasteiger charge is -2.22. The Morgan fingerprint density at radius 3 is 3.27 bits per heavy atom. The van der Waals surface area contributed by atoms with Crippen LogP contribution < -0.4 is 5.32 Å². The highest BCUT2D eigenvalue weighted by molar-refractivity contribution is 6.28. The van der Waals surface area contributed by atoms with Crippen LogP contribution in [0.4, 0.5) is 5.82 Å². The summed E-state index contributed by atoms with van der Waals surface area (Å²) in [7, 11) is 0. The molecule has 0 bridgehead atoms. The molecule has 15 heavy (non-hydrogen) atoms. The largest absolute Gasteiger partial charge is 0.381 e. The van der Waals surface area contributed by atoms with Crippen LogP contribution in [0.3, 0.4) is 0 Å². The first-order valence-electron chi connectivity index (χ1n) is 5.15. The van der Waals surface area contributed by atoms with Gasteiger partial charge in [0, 0.05) is 19.3 Å². The molecule has 0 aromatic carbocycles. The average molecular weight is 228 g/mol. The minimum atomic E-state index is 0.278. The third-order valence-electron chi connectivity index (χ3n) is 2.45.